The van der Waals surface area contributed by atoms with Crippen LogP contribution < -0.4 is 10.2 Å². The first-order chi connectivity index (χ1) is 16.2. The summed E-state index contributed by atoms with van der Waals surface area (Å²) in [5.74, 6) is -0.0239. The molecule has 0 spiro atoms. The molecule has 0 aliphatic carbocycles. The Morgan fingerprint density at radius 3 is 2.15 bits per heavy atom. The molecule has 0 saturated carbocycles. The third-order valence-corrected chi connectivity index (χ3v) is 5.98. The van der Waals surface area contributed by atoms with Gasteiger partial charge in [-0.25, -0.2) is 0 Å². The molecule has 0 aromatic heterocycles. The molecule has 4 aromatic rings. The van der Waals surface area contributed by atoms with Crippen molar-refractivity contribution in [3.8, 4) is 11.1 Å². The maximum absolute atomic E-state index is 12.8. The minimum atomic E-state index is -0.150. The second-order valence-corrected chi connectivity index (χ2v) is 8.21. The lowest BCUT2D eigenvalue weighted by Crippen LogP contribution is -2.34. The van der Waals surface area contributed by atoms with Gasteiger partial charge in [0.2, 0.25) is 5.91 Å². The van der Waals surface area contributed by atoms with E-state index in [0.29, 0.717) is 24.9 Å². The summed E-state index contributed by atoms with van der Waals surface area (Å²) in [4.78, 5) is 27.2. The molecule has 0 bridgehead atoms. The van der Waals surface area contributed by atoms with Crippen LogP contribution in [0.3, 0.4) is 0 Å². The average Bonchev–Trinajstić information content (AvgIpc) is 2.87. The van der Waals surface area contributed by atoms with Crippen molar-refractivity contribution in [3.05, 3.63) is 120 Å². The SMILES string of the molecule is O=C(Nc1ccc2c(c1)CCC(=O)N2Cc1ccccc1)c1ccc(-c2ccccc2)cc1. The van der Waals surface area contributed by atoms with E-state index in [4.69, 9.17) is 0 Å². The zero-order chi connectivity index (χ0) is 22.6. The maximum atomic E-state index is 12.8. The van der Waals surface area contributed by atoms with Gasteiger partial charge < -0.3 is 10.2 Å². The predicted octanol–water partition coefficient (Wildman–Crippen LogP) is 6.09. The van der Waals surface area contributed by atoms with Gasteiger partial charge in [0.15, 0.2) is 0 Å². The lowest BCUT2D eigenvalue weighted by Gasteiger charge is -2.30. The molecule has 4 aromatic carbocycles. The Morgan fingerprint density at radius 2 is 1.42 bits per heavy atom. The highest BCUT2D eigenvalue weighted by Crippen LogP contribution is 2.32. The molecule has 2 amide bonds. The number of hydrogen-bond donors (Lipinski definition) is 1. The topological polar surface area (TPSA) is 49.4 Å². The van der Waals surface area contributed by atoms with Crippen LogP contribution in [0.25, 0.3) is 11.1 Å². The Balaban J connectivity index is 1.32. The van der Waals surface area contributed by atoms with Crippen LogP contribution in [0.5, 0.6) is 0 Å². The van der Waals surface area contributed by atoms with Crippen LogP contribution in [0.2, 0.25) is 0 Å². The fraction of sp³-hybridized carbons (Fsp3) is 0.103. The van der Waals surface area contributed by atoms with Gasteiger partial charge >= 0.3 is 0 Å². The summed E-state index contributed by atoms with van der Waals surface area (Å²) < 4.78 is 0. The number of aryl methyl sites for hydroxylation is 1. The van der Waals surface area contributed by atoms with E-state index in [-0.39, 0.29) is 11.8 Å². The Kier molecular flexibility index (Phi) is 5.73. The van der Waals surface area contributed by atoms with Gasteiger partial charge in [-0.05, 0) is 59.0 Å². The van der Waals surface area contributed by atoms with Crippen molar-refractivity contribution < 1.29 is 9.59 Å². The summed E-state index contributed by atoms with van der Waals surface area (Å²) in [5.41, 5.74) is 6.61. The number of hydrogen-bond acceptors (Lipinski definition) is 2. The predicted molar refractivity (Wildman–Crippen MR) is 132 cm³/mol. The number of carbonyl (C=O) groups is 2. The minimum Gasteiger partial charge on any atom is -0.322 e. The number of carbonyl (C=O) groups excluding carboxylic acids is 2. The van der Waals surface area contributed by atoms with Gasteiger partial charge in [-0.2, -0.15) is 0 Å². The molecule has 162 valence electrons. The summed E-state index contributed by atoms with van der Waals surface area (Å²) in [5, 5.41) is 3.00. The van der Waals surface area contributed by atoms with Crippen LogP contribution >= 0.6 is 0 Å². The van der Waals surface area contributed by atoms with Crippen LogP contribution in [0.1, 0.15) is 27.9 Å². The Morgan fingerprint density at radius 1 is 0.758 bits per heavy atom. The Labute approximate surface area is 193 Å². The molecule has 0 unspecified atom stereocenters. The number of benzene rings is 4. The molecule has 33 heavy (non-hydrogen) atoms. The lowest BCUT2D eigenvalue weighted by molar-refractivity contribution is -0.119. The molecule has 0 fully saturated rings. The molecule has 4 heteroatoms. The largest absolute Gasteiger partial charge is 0.322 e. The molecule has 1 aliphatic heterocycles. The fourth-order valence-corrected chi connectivity index (χ4v) is 4.22. The van der Waals surface area contributed by atoms with Crippen molar-refractivity contribution in [3.63, 3.8) is 0 Å². The zero-order valence-corrected chi connectivity index (χ0v) is 18.2. The smallest absolute Gasteiger partial charge is 0.255 e. The van der Waals surface area contributed by atoms with Gasteiger partial charge in [0.05, 0.1) is 6.54 Å². The molecule has 1 N–H and O–H groups in total. The molecule has 1 aliphatic rings. The van der Waals surface area contributed by atoms with Gasteiger partial charge in [0.25, 0.3) is 5.91 Å². The summed E-state index contributed by atoms with van der Waals surface area (Å²) in [7, 11) is 0. The molecule has 4 nitrogen and oxygen atoms in total. The van der Waals surface area contributed by atoms with Crippen molar-refractivity contribution in [2.75, 3.05) is 10.2 Å². The molecule has 0 atom stereocenters. The summed E-state index contributed by atoms with van der Waals surface area (Å²) in [6.45, 7) is 0.548. The molecular weight excluding hydrogens is 408 g/mol. The van der Waals surface area contributed by atoms with E-state index >= 15 is 0 Å². The minimum absolute atomic E-state index is 0.127. The first kappa shape index (κ1) is 20.7. The van der Waals surface area contributed by atoms with E-state index in [1.165, 1.54) is 0 Å². The van der Waals surface area contributed by atoms with E-state index in [2.05, 4.69) is 5.32 Å². The van der Waals surface area contributed by atoms with Crippen molar-refractivity contribution in [2.24, 2.45) is 0 Å². The highest BCUT2D eigenvalue weighted by molar-refractivity contribution is 6.05. The molecular formula is C29H24N2O2. The Hall–Kier alpha value is -4.18. The zero-order valence-electron chi connectivity index (χ0n) is 18.2. The average molecular weight is 433 g/mol. The van der Waals surface area contributed by atoms with Crippen LogP contribution in [-0.2, 0) is 17.8 Å². The molecule has 1 heterocycles. The fourth-order valence-electron chi connectivity index (χ4n) is 4.22. The normalized spacial score (nSPS) is 12.8. The van der Waals surface area contributed by atoms with Crippen LogP contribution in [0.4, 0.5) is 11.4 Å². The van der Waals surface area contributed by atoms with E-state index < -0.39 is 0 Å². The third kappa shape index (κ3) is 4.55. The van der Waals surface area contributed by atoms with E-state index in [1.807, 2.05) is 108 Å². The maximum Gasteiger partial charge on any atom is 0.255 e. The molecule has 0 saturated heterocycles. The van der Waals surface area contributed by atoms with Crippen LogP contribution in [0.15, 0.2) is 103 Å². The number of fused-ring (bicyclic) bond motifs is 1. The number of nitrogens with one attached hydrogen (secondary N) is 1. The standard InChI is InChI=1S/C29H24N2O2/c32-28-18-15-25-19-26(16-17-27(25)31(28)20-21-7-3-1-4-8-21)30-29(33)24-13-11-23(12-14-24)22-9-5-2-6-10-22/h1-14,16-17,19H,15,18,20H2,(H,30,33). The van der Waals surface area contributed by atoms with Gasteiger partial charge in [-0.1, -0.05) is 72.8 Å². The van der Waals surface area contributed by atoms with Crippen LogP contribution in [0, 0.1) is 0 Å². The van der Waals surface area contributed by atoms with Gasteiger partial charge in [0.1, 0.15) is 0 Å². The lowest BCUT2D eigenvalue weighted by atomic mass is 9.99. The number of rotatable bonds is 5. The molecule has 5 rings (SSSR count). The van der Waals surface area contributed by atoms with Gasteiger partial charge in [0, 0.05) is 23.4 Å². The van der Waals surface area contributed by atoms with Gasteiger partial charge in [-0.15, -0.1) is 0 Å². The quantitative estimate of drug-likeness (QED) is 0.415. The number of nitrogens with zero attached hydrogens (tertiary/aromatic N) is 1. The second kappa shape index (κ2) is 9.13. The monoisotopic (exact) mass is 432 g/mol. The number of anilines is 2. The first-order valence-corrected chi connectivity index (χ1v) is 11.1. The first-order valence-electron chi connectivity index (χ1n) is 11.1. The van der Waals surface area contributed by atoms with Crippen molar-refractivity contribution >= 4 is 23.2 Å². The van der Waals surface area contributed by atoms with E-state index in [1.54, 1.807) is 0 Å². The second-order valence-electron chi connectivity index (χ2n) is 8.21. The van der Waals surface area contributed by atoms with Crippen LogP contribution in [-0.4, -0.2) is 11.8 Å². The summed E-state index contributed by atoms with van der Waals surface area (Å²) in [6, 6.07) is 33.5. The van der Waals surface area contributed by atoms with E-state index in [0.717, 1.165) is 33.6 Å². The third-order valence-electron chi connectivity index (χ3n) is 5.98. The molecule has 0 radical (unpaired) electrons. The van der Waals surface area contributed by atoms with E-state index in [9.17, 15) is 9.59 Å². The van der Waals surface area contributed by atoms with Crippen molar-refractivity contribution in [1.82, 2.24) is 0 Å². The number of amides is 2. The summed E-state index contributed by atoms with van der Waals surface area (Å²) >= 11 is 0. The highest BCUT2D eigenvalue weighted by Gasteiger charge is 2.24. The summed E-state index contributed by atoms with van der Waals surface area (Å²) in [6.07, 6.45) is 1.15. The van der Waals surface area contributed by atoms with Crippen molar-refractivity contribution in [2.45, 2.75) is 19.4 Å². The highest BCUT2D eigenvalue weighted by atomic mass is 16.2. The van der Waals surface area contributed by atoms with Crippen molar-refractivity contribution in [1.29, 1.82) is 0 Å². The van der Waals surface area contributed by atoms with Gasteiger partial charge in [-0.3, -0.25) is 9.59 Å². The Bertz CT molecular complexity index is 1280.